The molecule has 2 heterocycles. The lowest BCUT2D eigenvalue weighted by Crippen LogP contribution is -2.48. The van der Waals surface area contributed by atoms with Crippen molar-refractivity contribution in [3.05, 3.63) is 0 Å². The third-order valence-corrected chi connectivity index (χ3v) is 4.71. The first-order valence-corrected chi connectivity index (χ1v) is 9.59. The van der Waals surface area contributed by atoms with Crippen molar-refractivity contribution in [2.24, 2.45) is 4.99 Å². The fraction of sp³-hybridized carbons (Fsp3) is 0.944. The van der Waals surface area contributed by atoms with Gasteiger partial charge in [-0.1, -0.05) is 0 Å². The van der Waals surface area contributed by atoms with Crippen molar-refractivity contribution >= 4 is 5.96 Å². The zero-order valence-corrected chi connectivity index (χ0v) is 15.9. The van der Waals surface area contributed by atoms with E-state index >= 15 is 0 Å². The van der Waals surface area contributed by atoms with E-state index in [1.165, 1.54) is 12.8 Å². The van der Waals surface area contributed by atoms with E-state index in [4.69, 9.17) is 18.9 Å². The van der Waals surface area contributed by atoms with Crippen molar-refractivity contribution < 1.29 is 18.9 Å². The van der Waals surface area contributed by atoms with E-state index in [2.05, 4.69) is 15.2 Å². The van der Waals surface area contributed by atoms with Gasteiger partial charge < -0.3 is 29.2 Å². The van der Waals surface area contributed by atoms with Crippen LogP contribution in [0.2, 0.25) is 0 Å². The highest BCUT2D eigenvalue weighted by atomic mass is 16.5. The maximum Gasteiger partial charge on any atom is 0.193 e. The second-order valence-corrected chi connectivity index (χ2v) is 6.59. The fourth-order valence-corrected chi connectivity index (χ4v) is 3.23. The predicted molar refractivity (Wildman–Crippen MR) is 98.2 cm³/mol. The molecule has 0 radical (unpaired) electrons. The lowest BCUT2D eigenvalue weighted by atomic mass is 10.1. The highest BCUT2D eigenvalue weighted by Crippen LogP contribution is 2.17. The van der Waals surface area contributed by atoms with Crippen molar-refractivity contribution in [1.29, 1.82) is 0 Å². The van der Waals surface area contributed by atoms with Gasteiger partial charge in [0.1, 0.15) is 0 Å². The first kappa shape index (κ1) is 20.4. The Kier molecular flexibility index (Phi) is 10.2. The van der Waals surface area contributed by atoms with E-state index in [9.17, 15) is 0 Å². The summed E-state index contributed by atoms with van der Waals surface area (Å²) in [5.74, 6) is 0.949. The maximum absolute atomic E-state index is 6.08. The summed E-state index contributed by atoms with van der Waals surface area (Å²) < 4.78 is 22.2. The summed E-state index contributed by atoms with van der Waals surface area (Å²) in [6.45, 7) is 6.26. The lowest BCUT2D eigenvalue weighted by Gasteiger charge is -2.35. The van der Waals surface area contributed by atoms with Crippen molar-refractivity contribution in [1.82, 2.24) is 10.2 Å². The molecular formula is C18H35N3O4. The Balaban J connectivity index is 1.57. The average Bonchev–Trinajstić information content (AvgIpc) is 2.67. The minimum atomic E-state index is 0.305. The molecule has 1 N–H and O–H groups in total. The molecule has 146 valence electrons. The summed E-state index contributed by atoms with van der Waals surface area (Å²) in [6, 6.07) is 0. The van der Waals surface area contributed by atoms with Crippen LogP contribution in [0.25, 0.3) is 0 Å². The summed E-state index contributed by atoms with van der Waals surface area (Å²) in [4.78, 5) is 6.68. The zero-order chi connectivity index (χ0) is 17.7. The molecule has 2 rings (SSSR count). The molecule has 0 saturated carbocycles. The number of piperidine rings is 1. The molecule has 0 aromatic carbocycles. The van der Waals surface area contributed by atoms with Crippen LogP contribution in [0.4, 0.5) is 0 Å². The first-order valence-electron chi connectivity index (χ1n) is 9.59. The molecule has 2 saturated heterocycles. The largest absolute Gasteiger partial charge is 0.382 e. The van der Waals surface area contributed by atoms with Crippen LogP contribution in [0.1, 0.15) is 32.1 Å². The molecule has 7 heteroatoms. The minimum Gasteiger partial charge on any atom is -0.382 e. The van der Waals surface area contributed by atoms with Crippen molar-refractivity contribution in [3.8, 4) is 0 Å². The second-order valence-electron chi connectivity index (χ2n) is 6.59. The van der Waals surface area contributed by atoms with Crippen LogP contribution >= 0.6 is 0 Å². The van der Waals surface area contributed by atoms with Gasteiger partial charge in [-0.25, -0.2) is 0 Å². The summed E-state index contributed by atoms with van der Waals surface area (Å²) >= 11 is 0. The molecule has 2 fully saturated rings. The predicted octanol–water partition coefficient (Wildman–Crippen LogP) is 1.27. The SMILES string of the molecule is CN=C(NCCOCCOC)N1CCC(OCC2CCCCO2)CC1. The van der Waals surface area contributed by atoms with Gasteiger partial charge in [0.15, 0.2) is 5.96 Å². The van der Waals surface area contributed by atoms with E-state index in [0.717, 1.165) is 58.1 Å². The van der Waals surface area contributed by atoms with Gasteiger partial charge >= 0.3 is 0 Å². The molecule has 0 spiro atoms. The smallest absolute Gasteiger partial charge is 0.193 e. The number of nitrogens with zero attached hydrogens (tertiary/aromatic N) is 2. The molecule has 1 unspecified atom stereocenters. The van der Waals surface area contributed by atoms with Gasteiger partial charge in [-0.2, -0.15) is 0 Å². The van der Waals surface area contributed by atoms with Gasteiger partial charge in [0, 0.05) is 40.4 Å². The Morgan fingerprint density at radius 2 is 2.00 bits per heavy atom. The zero-order valence-electron chi connectivity index (χ0n) is 15.9. The summed E-state index contributed by atoms with van der Waals surface area (Å²) in [7, 11) is 3.51. The molecule has 2 aliphatic rings. The van der Waals surface area contributed by atoms with Crippen molar-refractivity contribution in [2.45, 2.75) is 44.3 Å². The van der Waals surface area contributed by atoms with Crippen LogP contribution in [-0.4, -0.2) is 89.9 Å². The Morgan fingerprint density at radius 3 is 2.68 bits per heavy atom. The Hall–Kier alpha value is -0.890. The van der Waals surface area contributed by atoms with E-state index in [1.54, 1.807) is 7.11 Å². The third-order valence-electron chi connectivity index (χ3n) is 4.71. The Labute approximate surface area is 152 Å². The minimum absolute atomic E-state index is 0.305. The number of hydrogen-bond donors (Lipinski definition) is 1. The third kappa shape index (κ3) is 7.90. The number of rotatable bonds is 9. The molecule has 0 aliphatic carbocycles. The van der Waals surface area contributed by atoms with Gasteiger partial charge in [-0.05, 0) is 32.1 Å². The number of aliphatic imine (C=N–C) groups is 1. The van der Waals surface area contributed by atoms with E-state index in [1.807, 2.05) is 7.05 Å². The van der Waals surface area contributed by atoms with Gasteiger partial charge in [0.25, 0.3) is 0 Å². The van der Waals surface area contributed by atoms with E-state index in [0.29, 0.717) is 32.0 Å². The molecular weight excluding hydrogens is 322 g/mol. The number of likely N-dealkylation sites (tertiary alicyclic amines) is 1. The molecule has 25 heavy (non-hydrogen) atoms. The fourth-order valence-electron chi connectivity index (χ4n) is 3.23. The quantitative estimate of drug-likeness (QED) is 0.381. The van der Waals surface area contributed by atoms with Crippen molar-refractivity contribution in [3.63, 3.8) is 0 Å². The molecule has 1 atom stereocenters. The Bertz CT molecular complexity index is 367. The second kappa shape index (κ2) is 12.5. The number of methoxy groups -OCH3 is 1. The first-order chi connectivity index (χ1) is 12.3. The molecule has 7 nitrogen and oxygen atoms in total. The number of nitrogens with one attached hydrogen (secondary N) is 1. The molecule has 0 amide bonds. The monoisotopic (exact) mass is 357 g/mol. The summed E-state index contributed by atoms with van der Waals surface area (Å²) in [5.41, 5.74) is 0. The molecule has 0 aromatic rings. The van der Waals surface area contributed by atoms with E-state index in [-0.39, 0.29) is 0 Å². The van der Waals surface area contributed by atoms with Gasteiger partial charge in [-0.15, -0.1) is 0 Å². The highest BCUT2D eigenvalue weighted by molar-refractivity contribution is 5.79. The number of ether oxygens (including phenoxy) is 4. The maximum atomic E-state index is 6.08. The molecule has 2 aliphatic heterocycles. The normalized spacial score (nSPS) is 23.0. The van der Waals surface area contributed by atoms with Crippen LogP contribution in [-0.2, 0) is 18.9 Å². The van der Waals surface area contributed by atoms with E-state index < -0.39 is 0 Å². The number of hydrogen-bond acceptors (Lipinski definition) is 5. The number of guanidine groups is 1. The van der Waals surface area contributed by atoms with Crippen molar-refractivity contribution in [2.75, 3.05) is 66.8 Å². The van der Waals surface area contributed by atoms with Crippen LogP contribution in [0.15, 0.2) is 4.99 Å². The van der Waals surface area contributed by atoms with Crippen LogP contribution < -0.4 is 5.32 Å². The van der Waals surface area contributed by atoms with Crippen LogP contribution in [0, 0.1) is 0 Å². The summed E-state index contributed by atoms with van der Waals surface area (Å²) in [6.07, 6.45) is 6.33. The Morgan fingerprint density at radius 1 is 1.16 bits per heavy atom. The average molecular weight is 357 g/mol. The van der Waals surface area contributed by atoms with Gasteiger partial charge in [0.2, 0.25) is 0 Å². The van der Waals surface area contributed by atoms with Gasteiger partial charge in [0.05, 0.1) is 38.6 Å². The molecule has 0 aromatic heterocycles. The summed E-state index contributed by atoms with van der Waals surface area (Å²) in [5, 5.41) is 3.36. The van der Waals surface area contributed by atoms with Crippen LogP contribution in [0.5, 0.6) is 0 Å². The standard InChI is InChI=1S/C18H35N3O4/c1-19-18(20-8-12-23-14-13-22-2)21-9-6-16(7-10-21)25-15-17-5-3-4-11-24-17/h16-17H,3-15H2,1-2H3,(H,19,20). The topological polar surface area (TPSA) is 64.6 Å². The highest BCUT2D eigenvalue weighted by Gasteiger charge is 2.23. The van der Waals surface area contributed by atoms with Crippen LogP contribution in [0.3, 0.4) is 0 Å². The lowest BCUT2D eigenvalue weighted by molar-refractivity contribution is -0.0721. The molecule has 0 bridgehead atoms. The van der Waals surface area contributed by atoms with Gasteiger partial charge in [-0.3, -0.25) is 4.99 Å².